The van der Waals surface area contributed by atoms with Crippen LogP contribution in [0.15, 0.2) is 0 Å². The normalized spacial score (nSPS) is 30.1. The molecule has 2 aliphatic rings. The molecule has 3 nitrogen and oxygen atoms in total. The van der Waals surface area contributed by atoms with Crippen molar-refractivity contribution in [3.05, 3.63) is 0 Å². The second-order valence-corrected chi connectivity index (χ2v) is 7.46. The van der Waals surface area contributed by atoms with Gasteiger partial charge in [-0.15, -0.1) is 0 Å². The maximum atomic E-state index is 12.0. The first-order valence-electron chi connectivity index (χ1n) is 5.69. The van der Waals surface area contributed by atoms with E-state index in [0.29, 0.717) is 5.92 Å². The minimum absolute atomic E-state index is 0.0435. The van der Waals surface area contributed by atoms with Gasteiger partial charge in [-0.25, -0.2) is 12.7 Å². The maximum Gasteiger partial charge on any atom is 0.216 e. The van der Waals surface area contributed by atoms with Crippen LogP contribution in [0.3, 0.4) is 0 Å². The first-order chi connectivity index (χ1) is 7.14. The third-order valence-electron chi connectivity index (χ3n) is 3.33. The fourth-order valence-corrected chi connectivity index (χ4v) is 4.67. The molecule has 2 rings (SSSR count). The van der Waals surface area contributed by atoms with Gasteiger partial charge in [-0.05, 0) is 38.0 Å². The Morgan fingerprint density at radius 3 is 2.47 bits per heavy atom. The molecule has 0 aromatic carbocycles. The van der Waals surface area contributed by atoms with E-state index in [1.54, 1.807) is 4.31 Å². The number of rotatable bonds is 3. The van der Waals surface area contributed by atoms with E-state index >= 15 is 0 Å². The first-order valence-corrected chi connectivity index (χ1v) is 8.32. The molecule has 2 fully saturated rings. The highest BCUT2D eigenvalue weighted by Gasteiger charge is 2.40. The lowest BCUT2D eigenvalue weighted by Gasteiger charge is -2.19. The predicted molar refractivity (Wildman–Crippen MR) is 64.6 cm³/mol. The zero-order valence-electron chi connectivity index (χ0n) is 8.86. The Bertz CT molecular complexity index is 313. The highest BCUT2D eigenvalue weighted by Crippen LogP contribution is 2.32. The minimum atomic E-state index is -2.93. The van der Waals surface area contributed by atoms with Crippen LogP contribution in [-0.2, 0) is 10.0 Å². The molecule has 0 bridgehead atoms. The van der Waals surface area contributed by atoms with E-state index in [9.17, 15) is 8.42 Å². The molecule has 1 unspecified atom stereocenters. The van der Waals surface area contributed by atoms with Crippen LogP contribution in [0.25, 0.3) is 0 Å². The second-order valence-electron chi connectivity index (χ2n) is 4.59. The third kappa shape index (κ3) is 2.74. The van der Waals surface area contributed by atoms with Crippen molar-refractivity contribution in [1.29, 1.82) is 0 Å². The number of sulfonamides is 1. The first kappa shape index (κ1) is 11.9. The van der Waals surface area contributed by atoms with Crippen molar-refractivity contribution in [2.45, 2.75) is 37.4 Å². The molecule has 1 aliphatic heterocycles. The van der Waals surface area contributed by atoms with E-state index in [2.05, 4.69) is 15.9 Å². The highest BCUT2D eigenvalue weighted by atomic mass is 79.9. The standard InChI is InChI=1S/C10H18BrNO2S/c11-8-9-2-1-6-12(7-5-9)15(13,14)10-3-4-10/h9-10H,1-8H2. The van der Waals surface area contributed by atoms with Gasteiger partial charge in [0.05, 0.1) is 5.25 Å². The lowest BCUT2D eigenvalue weighted by atomic mass is 10.0. The summed E-state index contributed by atoms with van der Waals surface area (Å²) in [5.74, 6) is 0.657. The number of alkyl halides is 1. The average Bonchev–Trinajstić information content (AvgIpc) is 3.04. The predicted octanol–water partition coefficient (Wildman–Crippen LogP) is 1.98. The summed E-state index contributed by atoms with van der Waals surface area (Å²) >= 11 is 3.49. The van der Waals surface area contributed by atoms with Crippen molar-refractivity contribution in [3.8, 4) is 0 Å². The Morgan fingerprint density at radius 2 is 1.87 bits per heavy atom. The van der Waals surface area contributed by atoms with Crippen LogP contribution in [0.4, 0.5) is 0 Å². The summed E-state index contributed by atoms with van der Waals surface area (Å²) in [7, 11) is -2.93. The maximum absolute atomic E-state index is 12.0. The van der Waals surface area contributed by atoms with Gasteiger partial charge in [-0.2, -0.15) is 0 Å². The molecule has 1 atom stereocenters. The summed E-state index contributed by atoms with van der Waals surface area (Å²) < 4.78 is 25.7. The molecule has 1 heterocycles. The van der Waals surface area contributed by atoms with Crippen LogP contribution < -0.4 is 0 Å². The smallest absolute Gasteiger partial charge is 0.212 e. The van der Waals surface area contributed by atoms with Crippen molar-refractivity contribution in [2.24, 2.45) is 5.92 Å². The van der Waals surface area contributed by atoms with Crippen molar-refractivity contribution in [2.75, 3.05) is 18.4 Å². The monoisotopic (exact) mass is 295 g/mol. The molecule has 1 aliphatic carbocycles. The number of halogens is 1. The van der Waals surface area contributed by atoms with E-state index in [0.717, 1.165) is 50.5 Å². The van der Waals surface area contributed by atoms with Gasteiger partial charge in [0.2, 0.25) is 10.0 Å². The van der Waals surface area contributed by atoms with Crippen molar-refractivity contribution >= 4 is 26.0 Å². The van der Waals surface area contributed by atoms with Gasteiger partial charge in [0.15, 0.2) is 0 Å². The van der Waals surface area contributed by atoms with E-state index in [1.165, 1.54) is 0 Å². The summed E-state index contributed by atoms with van der Waals surface area (Å²) in [6.07, 6.45) is 4.93. The molecular weight excluding hydrogens is 278 g/mol. The molecule has 0 aromatic heterocycles. The van der Waals surface area contributed by atoms with Gasteiger partial charge < -0.3 is 0 Å². The molecular formula is C10H18BrNO2S. The Kier molecular flexibility index (Phi) is 3.73. The topological polar surface area (TPSA) is 37.4 Å². The Morgan fingerprint density at radius 1 is 1.13 bits per heavy atom. The highest BCUT2D eigenvalue weighted by molar-refractivity contribution is 9.09. The molecule has 15 heavy (non-hydrogen) atoms. The van der Waals surface area contributed by atoms with Gasteiger partial charge in [0.1, 0.15) is 0 Å². The van der Waals surface area contributed by atoms with Crippen LogP contribution in [0.2, 0.25) is 0 Å². The Labute approximate surface area is 100 Å². The van der Waals surface area contributed by atoms with Crippen molar-refractivity contribution in [1.82, 2.24) is 4.31 Å². The van der Waals surface area contributed by atoms with E-state index in [1.807, 2.05) is 0 Å². The SMILES string of the molecule is O=S(=O)(C1CC1)N1CCCC(CBr)CC1. The zero-order chi connectivity index (χ0) is 10.9. The van der Waals surface area contributed by atoms with Crippen LogP contribution in [-0.4, -0.2) is 36.4 Å². The summed E-state index contributed by atoms with van der Waals surface area (Å²) in [6, 6.07) is 0. The largest absolute Gasteiger partial charge is 0.216 e. The lowest BCUT2D eigenvalue weighted by molar-refractivity contribution is 0.417. The van der Waals surface area contributed by atoms with Crippen molar-refractivity contribution < 1.29 is 8.42 Å². The number of hydrogen-bond donors (Lipinski definition) is 0. The molecule has 1 saturated carbocycles. The molecule has 0 N–H and O–H groups in total. The third-order valence-corrected chi connectivity index (χ3v) is 6.64. The summed E-state index contributed by atoms with van der Waals surface area (Å²) in [5.41, 5.74) is 0. The lowest BCUT2D eigenvalue weighted by Crippen LogP contribution is -2.34. The molecule has 0 aromatic rings. The Balaban J connectivity index is 1.98. The summed E-state index contributed by atoms with van der Waals surface area (Å²) in [4.78, 5) is 0. The van der Waals surface area contributed by atoms with Crippen LogP contribution >= 0.6 is 15.9 Å². The second kappa shape index (κ2) is 4.72. The van der Waals surface area contributed by atoms with Crippen LogP contribution in [0.5, 0.6) is 0 Å². The molecule has 88 valence electrons. The molecule has 0 amide bonds. The fourth-order valence-electron chi connectivity index (χ4n) is 2.12. The van der Waals surface area contributed by atoms with Crippen LogP contribution in [0.1, 0.15) is 32.1 Å². The number of nitrogens with zero attached hydrogens (tertiary/aromatic N) is 1. The van der Waals surface area contributed by atoms with Gasteiger partial charge in [0.25, 0.3) is 0 Å². The molecule has 0 spiro atoms. The summed E-state index contributed by atoms with van der Waals surface area (Å²) in [6.45, 7) is 1.47. The Hall–Kier alpha value is 0.390. The minimum Gasteiger partial charge on any atom is -0.212 e. The van der Waals surface area contributed by atoms with E-state index in [-0.39, 0.29) is 5.25 Å². The van der Waals surface area contributed by atoms with Crippen molar-refractivity contribution in [3.63, 3.8) is 0 Å². The van der Waals surface area contributed by atoms with Gasteiger partial charge in [0, 0.05) is 18.4 Å². The molecule has 0 radical (unpaired) electrons. The average molecular weight is 296 g/mol. The van der Waals surface area contributed by atoms with E-state index < -0.39 is 10.0 Å². The molecule has 1 saturated heterocycles. The summed E-state index contributed by atoms with van der Waals surface area (Å²) in [5, 5.41) is 0.961. The number of hydrogen-bond acceptors (Lipinski definition) is 2. The van der Waals surface area contributed by atoms with Gasteiger partial charge >= 0.3 is 0 Å². The van der Waals surface area contributed by atoms with Gasteiger partial charge in [-0.3, -0.25) is 0 Å². The fraction of sp³-hybridized carbons (Fsp3) is 1.00. The van der Waals surface area contributed by atoms with E-state index in [4.69, 9.17) is 0 Å². The van der Waals surface area contributed by atoms with Gasteiger partial charge in [-0.1, -0.05) is 15.9 Å². The van der Waals surface area contributed by atoms with Crippen LogP contribution in [0, 0.1) is 5.92 Å². The molecule has 5 heteroatoms. The zero-order valence-corrected chi connectivity index (χ0v) is 11.3. The quantitative estimate of drug-likeness (QED) is 0.747.